The highest BCUT2D eigenvalue weighted by atomic mass is 16.5. The number of amides is 1. The number of nitrogens with zero attached hydrogens (tertiary/aromatic N) is 2. The lowest BCUT2D eigenvalue weighted by Crippen LogP contribution is -2.43. The van der Waals surface area contributed by atoms with Gasteiger partial charge in [0, 0.05) is 25.7 Å². The van der Waals surface area contributed by atoms with Gasteiger partial charge in [0.25, 0.3) is 5.91 Å². The van der Waals surface area contributed by atoms with Crippen molar-refractivity contribution in [2.24, 2.45) is 0 Å². The summed E-state index contributed by atoms with van der Waals surface area (Å²) >= 11 is 0. The largest absolute Gasteiger partial charge is 0.493 e. The fourth-order valence-electron chi connectivity index (χ4n) is 4.24. The van der Waals surface area contributed by atoms with E-state index in [0.29, 0.717) is 43.8 Å². The highest BCUT2D eigenvalue weighted by molar-refractivity contribution is 5.78. The number of carbonyl (C=O) groups excluding carboxylic acids is 1. The minimum Gasteiger partial charge on any atom is -0.493 e. The first-order chi connectivity index (χ1) is 14.6. The number of carbonyl (C=O) groups is 1. The van der Waals surface area contributed by atoms with Crippen molar-refractivity contribution in [2.75, 3.05) is 47.1 Å². The van der Waals surface area contributed by atoms with Crippen molar-refractivity contribution in [3.05, 3.63) is 59.2 Å². The van der Waals surface area contributed by atoms with E-state index in [-0.39, 0.29) is 12.5 Å². The van der Waals surface area contributed by atoms with Crippen LogP contribution in [0, 0.1) is 0 Å². The molecule has 6 heteroatoms. The molecule has 1 saturated heterocycles. The molecule has 0 radical (unpaired) electrons. The fraction of sp³-hybridized carbons (Fsp3) is 0.458. The lowest BCUT2D eigenvalue weighted by atomic mass is 10.1. The molecule has 6 nitrogen and oxygen atoms in total. The lowest BCUT2D eigenvalue weighted by molar-refractivity contribution is -0.137. The van der Waals surface area contributed by atoms with Gasteiger partial charge >= 0.3 is 0 Å². The Bertz CT molecular complexity index is 854. The second-order valence-electron chi connectivity index (χ2n) is 8.01. The lowest BCUT2D eigenvalue weighted by Gasteiger charge is -2.27. The zero-order chi connectivity index (χ0) is 20.9. The van der Waals surface area contributed by atoms with Gasteiger partial charge in [0.1, 0.15) is 0 Å². The fourth-order valence-corrected chi connectivity index (χ4v) is 4.24. The van der Waals surface area contributed by atoms with E-state index in [2.05, 4.69) is 42.3 Å². The van der Waals surface area contributed by atoms with Crippen molar-refractivity contribution < 1.29 is 19.0 Å². The predicted molar refractivity (Wildman–Crippen MR) is 115 cm³/mol. The Morgan fingerprint density at radius 1 is 1.10 bits per heavy atom. The van der Waals surface area contributed by atoms with Gasteiger partial charge in [0.2, 0.25) is 0 Å². The smallest absolute Gasteiger partial charge is 0.260 e. The van der Waals surface area contributed by atoms with Crippen molar-refractivity contribution in [3.8, 4) is 11.5 Å². The molecule has 0 saturated carbocycles. The number of hydrogen-bond acceptors (Lipinski definition) is 5. The number of rotatable bonds is 7. The highest BCUT2D eigenvalue weighted by Crippen LogP contribution is 2.30. The summed E-state index contributed by atoms with van der Waals surface area (Å²) in [6.07, 6.45) is 2.18. The van der Waals surface area contributed by atoms with Crippen LogP contribution in [0.25, 0.3) is 0 Å². The number of fused-ring (bicyclic) bond motifs is 1. The molecule has 1 aliphatic carbocycles. The second kappa shape index (κ2) is 9.49. The second-order valence-corrected chi connectivity index (χ2v) is 8.01. The monoisotopic (exact) mass is 410 g/mol. The molecule has 0 unspecified atom stereocenters. The highest BCUT2D eigenvalue weighted by Gasteiger charge is 2.24. The normalized spacial score (nSPS) is 16.6. The Kier molecular flexibility index (Phi) is 6.55. The average molecular weight is 411 g/mol. The molecule has 0 spiro atoms. The first kappa shape index (κ1) is 20.7. The molecule has 160 valence electrons. The minimum absolute atomic E-state index is 0.00986. The molecule has 2 aromatic rings. The molecule has 2 aromatic carbocycles. The van der Waals surface area contributed by atoms with Crippen LogP contribution in [0.1, 0.15) is 16.7 Å². The van der Waals surface area contributed by atoms with Crippen LogP contribution < -0.4 is 9.47 Å². The van der Waals surface area contributed by atoms with Crippen LogP contribution in [0.2, 0.25) is 0 Å². The molecule has 2 aliphatic rings. The molecular weight excluding hydrogens is 380 g/mol. The molecule has 0 bridgehead atoms. The molecule has 1 amide bonds. The molecule has 1 fully saturated rings. The van der Waals surface area contributed by atoms with Crippen molar-refractivity contribution >= 4 is 5.91 Å². The number of likely N-dealkylation sites (N-methyl/N-ethyl adjacent to an activating group) is 1. The van der Waals surface area contributed by atoms with E-state index in [1.165, 1.54) is 11.1 Å². The van der Waals surface area contributed by atoms with Crippen LogP contribution in [-0.2, 0) is 28.9 Å². The van der Waals surface area contributed by atoms with Crippen LogP contribution >= 0.6 is 0 Å². The van der Waals surface area contributed by atoms with Crippen molar-refractivity contribution in [1.29, 1.82) is 0 Å². The van der Waals surface area contributed by atoms with Gasteiger partial charge in [-0.1, -0.05) is 30.3 Å². The summed E-state index contributed by atoms with van der Waals surface area (Å²) in [6.45, 7) is 3.26. The maximum Gasteiger partial charge on any atom is 0.260 e. The molecule has 0 aromatic heterocycles. The van der Waals surface area contributed by atoms with Crippen LogP contribution in [0.4, 0.5) is 0 Å². The Morgan fingerprint density at radius 3 is 2.47 bits per heavy atom. The van der Waals surface area contributed by atoms with Crippen LogP contribution in [-0.4, -0.2) is 68.8 Å². The SMILES string of the molecule is COc1cc(CN(C)C2Cc3ccccc3C2)ccc1OCC(=O)N1CCOCC1. The third-order valence-electron chi connectivity index (χ3n) is 6.03. The molecule has 0 atom stereocenters. The van der Waals surface area contributed by atoms with Crippen LogP contribution in [0.5, 0.6) is 11.5 Å². The molecule has 1 heterocycles. The van der Waals surface area contributed by atoms with Gasteiger partial charge in [-0.2, -0.15) is 0 Å². The topological polar surface area (TPSA) is 51.2 Å². The molecule has 4 rings (SSSR count). The summed E-state index contributed by atoms with van der Waals surface area (Å²) in [5, 5.41) is 0. The van der Waals surface area contributed by atoms with Crippen molar-refractivity contribution in [3.63, 3.8) is 0 Å². The Balaban J connectivity index is 1.34. The van der Waals surface area contributed by atoms with Crippen LogP contribution in [0.15, 0.2) is 42.5 Å². The zero-order valence-electron chi connectivity index (χ0n) is 17.8. The minimum atomic E-state index is -0.0232. The van der Waals surface area contributed by atoms with Gasteiger partial charge in [0.15, 0.2) is 18.1 Å². The molecule has 0 N–H and O–H groups in total. The Labute approximate surface area is 178 Å². The third-order valence-corrected chi connectivity index (χ3v) is 6.03. The van der Waals surface area contributed by atoms with Crippen LogP contribution in [0.3, 0.4) is 0 Å². The number of methoxy groups -OCH3 is 1. The maximum atomic E-state index is 12.3. The average Bonchev–Trinajstić information content (AvgIpc) is 3.23. The number of hydrogen-bond donors (Lipinski definition) is 0. The predicted octanol–water partition coefficient (Wildman–Crippen LogP) is 2.53. The van der Waals surface area contributed by atoms with E-state index in [4.69, 9.17) is 14.2 Å². The summed E-state index contributed by atoms with van der Waals surface area (Å²) in [5.74, 6) is 1.23. The quantitative estimate of drug-likeness (QED) is 0.702. The number of benzene rings is 2. The standard InChI is InChI=1S/C24H30N2O4/c1-25(21-14-19-5-3-4-6-20(19)15-21)16-18-7-8-22(23(13-18)28-2)30-17-24(27)26-9-11-29-12-10-26/h3-8,13,21H,9-12,14-17H2,1-2H3. The Hall–Kier alpha value is -2.57. The molecule has 1 aliphatic heterocycles. The van der Waals surface area contributed by atoms with Gasteiger partial charge in [-0.05, 0) is 48.7 Å². The first-order valence-electron chi connectivity index (χ1n) is 10.6. The summed E-state index contributed by atoms with van der Waals surface area (Å²) in [5.41, 5.74) is 4.08. The maximum absolute atomic E-state index is 12.3. The first-order valence-corrected chi connectivity index (χ1v) is 10.6. The van der Waals surface area contributed by atoms with E-state index < -0.39 is 0 Å². The molecule has 30 heavy (non-hydrogen) atoms. The van der Waals surface area contributed by atoms with E-state index in [9.17, 15) is 4.79 Å². The summed E-state index contributed by atoms with van der Waals surface area (Å²) < 4.78 is 16.6. The van der Waals surface area contributed by atoms with E-state index >= 15 is 0 Å². The van der Waals surface area contributed by atoms with E-state index in [1.807, 2.05) is 12.1 Å². The van der Waals surface area contributed by atoms with Gasteiger partial charge in [-0.15, -0.1) is 0 Å². The van der Waals surface area contributed by atoms with Gasteiger partial charge in [-0.3, -0.25) is 9.69 Å². The number of ether oxygens (including phenoxy) is 3. The van der Waals surface area contributed by atoms with Gasteiger partial charge < -0.3 is 19.1 Å². The number of morpholine rings is 1. The van der Waals surface area contributed by atoms with Crippen molar-refractivity contribution in [2.45, 2.75) is 25.4 Å². The molecular formula is C24H30N2O4. The van der Waals surface area contributed by atoms with E-state index in [0.717, 1.165) is 24.9 Å². The summed E-state index contributed by atoms with van der Waals surface area (Å²) in [7, 11) is 3.81. The zero-order valence-corrected chi connectivity index (χ0v) is 17.8. The Morgan fingerprint density at radius 2 is 1.80 bits per heavy atom. The summed E-state index contributed by atoms with van der Waals surface area (Å²) in [6, 6.07) is 15.2. The summed E-state index contributed by atoms with van der Waals surface area (Å²) in [4.78, 5) is 16.5. The van der Waals surface area contributed by atoms with Gasteiger partial charge in [0.05, 0.1) is 20.3 Å². The van der Waals surface area contributed by atoms with Crippen molar-refractivity contribution in [1.82, 2.24) is 9.80 Å². The third kappa shape index (κ3) is 4.77. The van der Waals surface area contributed by atoms with E-state index in [1.54, 1.807) is 12.0 Å². The van der Waals surface area contributed by atoms with Gasteiger partial charge in [-0.25, -0.2) is 0 Å².